The van der Waals surface area contributed by atoms with Gasteiger partial charge in [0, 0.05) is 12.6 Å². The number of ether oxygens (including phenoxy) is 1. The van der Waals surface area contributed by atoms with Crippen molar-refractivity contribution in [2.45, 2.75) is 70.1 Å². The van der Waals surface area contributed by atoms with Gasteiger partial charge in [0.15, 0.2) is 0 Å². The van der Waals surface area contributed by atoms with Gasteiger partial charge in [0.05, 0.1) is 7.11 Å². The highest BCUT2D eigenvalue weighted by Crippen LogP contribution is 2.36. The molecule has 0 aromatic heterocycles. The molecule has 1 saturated heterocycles. The lowest BCUT2D eigenvalue weighted by atomic mass is 9.97. The average molecular weight is 464 g/mol. The minimum absolute atomic E-state index is 0.187. The Labute approximate surface area is 201 Å². The maximum Gasteiger partial charge on any atom is 0.325 e. The van der Waals surface area contributed by atoms with Crippen molar-refractivity contribution in [3.8, 4) is 5.75 Å². The van der Waals surface area contributed by atoms with E-state index >= 15 is 0 Å². The molecule has 2 fully saturated rings. The summed E-state index contributed by atoms with van der Waals surface area (Å²) in [6.07, 6.45) is 3.65. The number of para-hydroxylation sites is 1. The fourth-order valence-electron chi connectivity index (χ4n) is 5.19. The second kappa shape index (κ2) is 9.87. The van der Waals surface area contributed by atoms with Crippen LogP contribution in [0.25, 0.3) is 0 Å². The van der Waals surface area contributed by atoms with Crippen LogP contribution in [-0.4, -0.2) is 52.4 Å². The number of nitrogens with one attached hydrogen (secondary N) is 1. The number of carbonyl (C=O) groups excluding carboxylic acids is 3. The minimum atomic E-state index is -0.892. The number of nitrogens with zero attached hydrogens (tertiary/aromatic N) is 2. The number of rotatable bonds is 8. The second-order valence-corrected chi connectivity index (χ2v) is 9.39. The number of urea groups is 1. The van der Waals surface area contributed by atoms with Crippen molar-refractivity contribution >= 4 is 17.8 Å². The topological polar surface area (TPSA) is 79.0 Å². The summed E-state index contributed by atoms with van der Waals surface area (Å²) >= 11 is 0. The molecule has 1 aliphatic heterocycles. The molecule has 34 heavy (non-hydrogen) atoms. The summed E-state index contributed by atoms with van der Waals surface area (Å²) in [5.41, 5.74) is 1.15. The normalized spacial score (nSPS) is 18.6. The van der Waals surface area contributed by atoms with Crippen LogP contribution in [-0.2, 0) is 22.6 Å². The van der Waals surface area contributed by atoms with Gasteiger partial charge in [-0.05, 0) is 50.3 Å². The first-order valence-electron chi connectivity index (χ1n) is 12.0. The molecule has 4 amide bonds. The number of benzene rings is 2. The summed E-state index contributed by atoms with van der Waals surface area (Å²) in [5.74, 6) is 0.254. The van der Waals surface area contributed by atoms with E-state index in [1.54, 1.807) is 18.9 Å². The van der Waals surface area contributed by atoms with Crippen molar-refractivity contribution in [3.05, 3.63) is 65.7 Å². The van der Waals surface area contributed by atoms with Crippen LogP contribution in [0, 0.1) is 0 Å². The molecule has 0 bridgehead atoms. The molecule has 7 nitrogen and oxygen atoms in total. The van der Waals surface area contributed by atoms with Gasteiger partial charge in [-0.3, -0.25) is 9.59 Å². The van der Waals surface area contributed by atoms with Gasteiger partial charge in [0.2, 0.25) is 5.91 Å². The van der Waals surface area contributed by atoms with Crippen molar-refractivity contribution in [2.24, 2.45) is 0 Å². The molecule has 1 heterocycles. The summed E-state index contributed by atoms with van der Waals surface area (Å²) in [4.78, 5) is 42.8. The highest BCUT2D eigenvalue weighted by Gasteiger charge is 2.55. The van der Waals surface area contributed by atoms with E-state index in [0.29, 0.717) is 25.8 Å². The van der Waals surface area contributed by atoms with E-state index in [9.17, 15) is 14.4 Å². The van der Waals surface area contributed by atoms with E-state index in [-0.39, 0.29) is 17.9 Å². The lowest BCUT2D eigenvalue weighted by Crippen LogP contribution is -2.53. The molecule has 2 aromatic carbocycles. The van der Waals surface area contributed by atoms with E-state index in [4.69, 9.17) is 4.74 Å². The zero-order chi connectivity index (χ0) is 24.3. The van der Waals surface area contributed by atoms with Gasteiger partial charge in [-0.25, -0.2) is 9.69 Å². The van der Waals surface area contributed by atoms with Crippen molar-refractivity contribution in [1.29, 1.82) is 0 Å². The van der Waals surface area contributed by atoms with Crippen LogP contribution in [0.1, 0.15) is 50.7 Å². The SMILES string of the molecule is COc1ccccc1CC(C)N(Cc1ccccc1)C(=O)C(C)N1C(=O)NC2(CCCC2)C1=O. The number of methoxy groups -OCH3 is 1. The van der Waals surface area contributed by atoms with Crippen molar-refractivity contribution < 1.29 is 19.1 Å². The largest absolute Gasteiger partial charge is 0.496 e. The van der Waals surface area contributed by atoms with E-state index in [2.05, 4.69) is 5.32 Å². The fourth-order valence-corrected chi connectivity index (χ4v) is 5.19. The average Bonchev–Trinajstić information content (AvgIpc) is 3.41. The van der Waals surface area contributed by atoms with Crippen LogP contribution in [0.4, 0.5) is 4.79 Å². The van der Waals surface area contributed by atoms with Crippen LogP contribution in [0.5, 0.6) is 5.75 Å². The van der Waals surface area contributed by atoms with Crippen LogP contribution in [0.3, 0.4) is 0 Å². The molecular formula is C27H33N3O4. The Kier molecular flexibility index (Phi) is 6.91. The highest BCUT2D eigenvalue weighted by atomic mass is 16.5. The number of hydrogen-bond acceptors (Lipinski definition) is 4. The summed E-state index contributed by atoms with van der Waals surface area (Å²) in [5, 5.41) is 2.89. The lowest BCUT2D eigenvalue weighted by Gasteiger charge is -2.34. The molecular weight excluding hydrogens is 430 g/mol. The van der Waals surface area contributed by atoms with E-state index in [0.717, 1.165) is 34.6 Å². The molecule has 2 unspecified atom stereocenters. The van der Waals surface area contributed by atoms with E-state index in [1.165, 1.54) is 0 Å². The van der Waals surface area contributed by atoms with Crippen molar-refractivity contribution in [1.82, 2.24) is 15.1 Å². The summed E-state index contributed by atoms with van der Waals surface area (Å²) in [6, 6.07) is 16.0. The van der Waals surface area contributed by atoms with Crippen LogP contribution < -0.4 is 10.1 Å². The molecule has 7 heteroatoms. The third kappa shape index (κ3) is 4.52. The zero-order valence-electron chi connectivity index (χ0n) is 20.1. The molecule has 1 N–H and O–H groups in total. The van der Waals surface area contributed by atoms with Gasteiger partial charge in [0.25, 0.3) is 5.91 Å². The number of hydrogen-bond donors (Lipinski definition) is 1. The third-order valence-corrected chi connectivity index (χ3v) is 7.11. The lowest BCUT2D eigenvalue weighted by molar-refractivity contribution is -0.144. The molecule has 1 saturated carbocycles. The zero-order valence-corrected chi connectivity index (χ0v) is 20.1. The first kappa shape index (κ1) is 23.8. The maximum absolute atomic E-state index is 13.8. The summed E-state index contributed by atoms with van der Waals surface area (Å²) in [7, 11) is 1.63. The van der Waals surface area contributed by atoms with Crippen molar-refractivity contribution in [2.75, 3.05) is 7.11 Å². The van der Waals surface area contributed by atoms with Gasteiger partial charge in [-0.15, -0.1) is 0 Å². The quantitative estimate of drug-likeness (QED) is 0.602. The highest BCUT2D eigenvalue weighted by molar-refractivity contribution is 6.10. The Balaban J connectivity index is 1.59. The molecule has 1 spiro atoms. The van der Waals surface area contributed by atoms with Crippen LogP contribution in [0.15, 0.2) is 54.6 Å². The smallest absolute Gasteiger partial charge is 0.325 e. The predicted octanol–water partition coefficient (Wildman–Crippen LogP) is 3.91. The van der Waals surface area contributed by atoms with Gasteiger partial charge >= 0.3 is 6.03 Å². The standard InChI is InChI=1S/C27H33N3O4/c1-19(17-22-13-7-8-14-23(22)34-3)29(18-21-11-5-4-6-12-21)24(31)20(2)30-25(32)27(28-26(30)33)15-9-10-16-27/h4-8,11-14,19-20H,9-10,15-18H2,1-3H3,(H,28,33). The van der Waals surface area contributed by atoms with Crippen LogP contribution in [0.2, 0.25) is 0 Å². The van der Waals surface area contributed by atoms with Crippen molar-refractivity contribution in [3.63, 3.8) is 0 Å². The predicted molar refractivity (Wildman–Crippen MR) is 129 cm³/mol. The Hall–Kier alpha value is -3.35. The van der Waals surface area contributed by atoms with Gasteiger partial charge in [0.1, 0.15) is 17.3 Å². The molecule has 2 aliphatic rings. The molecule has 2 atom stereocenters. The van der Waals surface area contributed by atoms with Gasteiger partial charge in [-0.1, -0.05) is 61.4 Å². The monoisotopic (exact) mass is 463 g/mol. The Morgan fingerprint density at radius 1 is 1.06 bits per heavy atom. The molecule has 4 rings (SSSR count). The van der Waals surface area contributed by atoms with Crippen LogP contribution >= 0.6 is 0 Å². The minimum Gasteiger partial charge on any atom is -0.496 e. The van der Waals surface area contributed by atoms with Gasteiger partial charge < -0.3 is 15.0 Å². The number of imide groups is 1. The Morgan fingerprint density at radius 3 is 2.38 bits per heavy atom. The maximum atomic E-state index is 13.8. The Bertz CT molecular complexity index is 1050. The summed E-state index contributed by atoms with van der Waals surface area (Å²) < 4.78 is 5.51. The second-order valence-electron chi connectivity index (χ2n) is 9.39. The number of amides is 4. The first-order valence-corrected chi connectivity index (χ1v) is 12.0. The third-order valence-electron chi connectivity index (χ3n) is 7.11. The van der Waals surface area contributed by atoms with E-state index < -0.39 is 17.6 Å². The molecule has 1 aliphatic carbocycles. The first-order chi connectivity index (χ1) is 16.4. The molecule has 180 valence electrons. The summed E-state index contributed by atoms with van der Waals surface area (Å²) in [6.45, 7) is 4.03. The Morgan fingerprint density at radius 2 is 1.71 bits per heavy atom. The fraction of sp³-hybridized carbons (Fsp3) is 0.444. The van der Waals surface area contributed by atoms with E-state index in [1.807, 2.05) is 61.5 Å². The molecule has 0 radical (unpaired) electrons. The number of carbonyl (C=O) groups is 3. The van der Waals surface area contributed by atoms with Gasteiger partial charge in [-0.2, -0.15) is 0 Å². The molecule has 2 aromatic rings.